The van der Waals surface area contributed by atoms with Gasteiger partial charge in [-0.2, -0.15) is 0 Å². The largest absolute Gasteiger partial charge is 0.348 e. The highest BCUT2D eigenvalue weighted by molar-refractivity contribution is 5.40. The molecule has 2 heterocycles. The summed E-state index contributed by atoms with van der Waals surface area (Å²) in [5.41, 5.74) is 7.02. The molecule has 0 amide bonds. The van der Waals surface area contributed by atoms with Gasteiger partial charge >= 0.3 is 0 Å². The molecule has 3 rings (SSSR count). The molecule has 0 spiro atoms. The second kappa shape index (κ2) is 6.83. The van der Waals surface area contributed by atoms with Crippen LogP contribution < -0.4 is 0 Å². The van der Waals surface area contributed by atoms with Crippen LogP contribution in [0.2, 0.25) is 0 Å². The first-order chi connectivity index (χ1) is 9.92. The topological polar surface area (TPSA) is 4.93 Å². The van der Waals surface area contributed by atoms with Gasteiger partial charge in [0.15, 0.2) is 0 Å². The molecule has 1 nitrogen and oxygen atoms in total. The van der Waals surface area contributed by atoms with Gasteiger partial charge in [-0.15, -0.1) is 0 Å². The van der Waals surface area contributed by atoms with Crippen LogP contribution in [0.4, 0.5) is 0 Å². The minimum Gasteiger partial charge on any atom is -0.348 e. The lowest BCUT2D eigenvalue weighted by atomic mass is 9.98. The second-order valence-electron chi connectivity index (χ2n) is 6.79. The van der Waals surface area contributed by atoms with Gasteiger partial charge < -0.3 is 4.57 Å². The quantitative estimate of drug-likeness (QED) is 0.661. The third-order valence-corrected chi connectivity index (χ3v) is 5.45. The van der Waals surface area contributed by atoms with Crippen molar-refractivity contribution in [2.45, 2.75) is 96.9 Å². The Morgan fingerprint density at radius 3 is 2.05 bits per heavy atom. The van der Waals surface area contributed by atoms with E-state index in [0.717, 1.165) is 0 Å². The van der Waals surface area contributed by atoms with E-state index in [9.17, 15) is 0 Å². The van der Waals surface area contributed by atoms with E-state index in [0.29, 0.717) is 0 Å². The number of hydrogen-bond donors (Lipinski definition) is 0. The monoisotopic (exact) mass is 273 g/mol. The molecule has 0 atom stereocenters. The number of hydrogen-bond acceptors (Lipinski definition) is 0. The fourth-order valence-electron chi connectivity index (χ4n) is 4.43. The number of fused-ring (bicyclic) bond motifs is 3. The third-order valence-electron chi connectivity index (χ3n) is 5.45. The molecule has 0 saturated heterocycles. The van der Waals surface area contributed by atoms with Crippen molar-refractivity contribution in [2.75, 3.05) is 0 Å². The van der Waals surface area contributed by atoms with E-state index in [1.54, 1.807) is 22.5 Å². The highest BCUT2D eigenvalue weighted by Gasteiger charge is 2.22. The lowest BCUT2D eigenvalue weighted by molar-refractivity contribution is 0.505. The highest BCUT2D eigenvalue weighted by Crippen LogP contribution is 2.31. The van der Waals surface area contributed by atoms with Gasteiger partial charge in [0, 0.05) is 17.9 Å². The Morgan fingerprint density at radius 1 is 0.700 bits per heavy atom. The molecule has 0 bridgehead atoms. The van der Waals surface area contributed by atoms with Crippen LogP contribution in [-0.2, 0) is 32.2 Å². The van der Waals surface area contributed by atoms with Crippen molar-refractivity contribution in [1.82, 2.24) is 4.57 Å². The van der Waals surface area contributed by atoms with E-state index in [1.165, 1.54) is 90.0 Å². The summed E-state index contributed by atoms with van der Waals surface area (Å²) in [7, 11) is 0. The van der Waals surface area contributed by atoms with Crippen LogP contribution in [0, 0.1) is 0 Å². The molecule has 20 heavy (non-hydrogen) atoms. The summed E-state index contributed by atoms with van der Waals surface area (Å²) in [4.78, 5) is 0. The summed E-state index contributed by atoms with van der Waals surface area (Å²) >= 11 is 0. The third kappa shape index (κ3) is 2.82. The zero-order valence-corrected chi connectivity index (χ0v) is 13.3. The van der Waals surface area contributed by atoms with Crippen LogP contribution in [0.5, 0.6) is 0 Å². The van der Waals surface area contributed by atoms with Crippen molar-refractivity contribution >= 4 is 0 Å². The lowest BCUT2D eigenvalue weighted by Crippen LogP contribution is -2.11. The minimum absolute atomic E-state index is 1.25. The first kappa shape index (κ1) is 14.2. The molecule has 1 heteroatoms. The molecule has 0 saturated carbocycles. The molecule has 1 aromatic heterocycles. The maximum absolute atomic E-state index is 2.78. The molecule has 1 aromatic rings. The van der Waals surface area contributed by atoms with Crippen LogP contribution in [0.15, 0.2) is 0 Å². The molecule has 2 aliphatic rings. The Balaban J connectivity index is 2.02. The summed E-state index contributed by atoms with van der Waals surface area (Å²) in [6, 6.07) is 0. The zero-order chi connectivity index (χ0) is 13.8. The van der Waals surface area contributed by atoms with E-state index >= 15 is 0 Å². The first-order valence-corrected chi connectivity index (χ1v) is 9.13. The fraction of sp³-hybridized carbons (Fsp3) is 0.789. The minimum atomic E-state index is 1.25. The Bertz CT molecular complexity index is 441. The van der Waals surface area contributed by atoms with Crippen LogP contribution in [0.3, 0.4) is 0 Å². The first-order valence-electron chi connectivity index (χ1n) is 9.13. The van der Waals surface area contributed by atoms with Gasteiger partial charge in [-0.25, -0.2) is 0 Å². The standard InChI is InChI=1S/C19H31N/c1-2-16-17-12-8-4-3-5-9-14-19(17)20-15-11-7-6-10-13-18(16)20/h2-15H2,1H3. The second-order valence-corrected chi connectivity index (χ2v) is 6.79. The predicted octanol–water partition coefficient (Wildman–Crippen LogP) is 5.22. The number of rotatable bonds is 1. The van der Waals surface area contributed by atoms with Crippen LogP contribution in [0.25, 0.3) is 0 Å². The van der Waals surface area contributed by atoms with Crippen LogP contribution in [-0.4, -0.2) is 4.57 Å². The van der Waals surface area contributed by atoms with E-state index in [1.807, 2.05) is 0 Å². The van der Waals surface area contributed by atoms with Gasteiger partial charge in [-0.1, -0.05) is 39.0 Å². The molecule has 1 aliphatic carbocycles. The fourth-order valence-corrected chi connectivity index (χ4v) is 4.43. The van der Waals surface area contributed by atoms with Gasteiger partial charge in [-0.3, -0.25) is 0 Å². The van der Waals surface area contributed by atoms with E-state index < -0.39 is 0 Å². The summed E-state index contributed by atoms with van der Waals surface area (Å²) in [6.07, 6.45) is 18.2. The van der Waals surface area contributed by atoms with Crippen LogP contribution in [0.1, 0.15) is 87.2 Å². The maximum Gasteiger partial charge on any atom is 0.0225 e. The lowest BCUT2D eigenvalue weighted by Gasteiger charge is -2.17. The van der Waals surface area contributed by atoms with Crippen LogP contribution >= 0.6 is 0 Å². The van der Waals surface area contributed by atoms with Gasteiger partial charge in [0.25, 0.3) is 0 Å². The molecular weight excluding hydrogens is 242 g/mol. The van der Waals surface area contributed by atoms with Crippen molar-refractivity contribution in [3.63, 3.8) is 0 Å². The van der Waals surface area contributed by atoms with E-state index in [4.69, 9.17) is 0 Å². The summed E-state index contributed by atoms with van der Waals surface area (Å²) in [6.45, 7) is 3.68. The van der Waals surface area contributed by atoms with Gasteiger partial charge in [0.05, 0.1) is 0 Å². The highest BCUT2D eigenvalue weighted by atomic mass is 15.0. The summed E-state index contributed by atoms with van der Waals surface area (Å²) < 4.78 is 2.78. The normalized spacial score (nSPS) is 20.9. The Kier molecular flexibility index (Phi) is 4.86. The molecule has 0 radical (unpaired) electrons. The molecular formula is C19H31N. The smallest absolute Gasteiger partial charge is 0.0225 e. The SMILES string of the molecule is CCc1c2c(n3c1CCCCCC3)CCCCCCC2. The number of aromatic nitrogens is 1. The average Bonchev–Trinajstić information content (AvgIpc) is 2.75. The maximum atomic E-state index is 2.78. The predicted molar refractivity (Wildman–Crippen MR) is 86.5 cm³/mol. The van der Waals surface area contributed by atoms with Gasteiger partial charge in [-0.05, 0) is 62.5 Å². The molecule has 0 unspecified atom stereocenters. The average molecular weight is 273 g/mol. The molecule has 0 fully saturated rings. The summed E-state index contributed by atoms with van der Waals surface area (Å²) in [5, 5.41) is 0. The van der Waals surface area contributed by atoms with Gasteiger partial charge in [0.2, 0.25) is 0 Å². The van der Waals surface area contributed by atoms with Crippen molar-refractivity contribution in [1.29, 1.82) is 0 Å². The van der Waals surface area contributed by atoms with Crippen molar-refractivity contribution in [3.8, 4) is 0 Å². The Labute approximate surface area is 124 Å². The van der Waals surface area contributed by atoms with Gasteiger partial charge in [0.1, 0.15) is 0 Å². The van der Waals surface area contributed by atoms with Crippen molar-refractivity contribution in [3.05, 3.63) is 22.5 Å². The molecule has 0 aromatic carbocycles. The van der Waals surface area contributed by atoms with Crippen molar-refractivity contribution in [2.24, 2.45) is 0 Å². The summed E-state index contributed by atoms with van der Waals surface area (Å²) in [5.74, 6) is 0. The Morgan fingerprint density at radius 2 is 1.30 bits per heavy atom. The zero-order valence-electron chi connectivity index (χ0n) is 13.3. The Hall–Kier alpha value is -0.720. The molecule has 0 N–H and O–H groups in total. The number of nitrogens with zero attached hydrogens (tertiary/aromatic N) is 1. The van der Waals surface area contributed by atoms with E-state index in [-0.39, 0.29) is 0 Å². The molecule has 112 valence electrons. The van der Waals surface area contributed by atoms with E-state index in [2.05, 4.69) is 11.5 Å². The molecule has 1 aliphatic heterocycles. The van der Waals surface area contributed by atoms with Crippen molar-refractivity contribution < 1.29 is 0 Å².